The lowest BCUT2D eigenvalue weighted by Gasteiger charge is -2.11. The highest BCUT2D eigenvalue weighted by molar-refractivity contribution is 6.58. The van der Waals surface area contributed by atoms with Crippen molar-refractivity contribution in [3.63, 3.8) is 0 Å². The maximum Gasteiger partial charge on any atom is 0.491 e. The van der Waals surface area contributed by atoms with Gasteiger partial charge in [0, 0.05) is 29.3 Å². The first-order valence-corrected chi connectivity index (χ1v) is 7.40. The minimum absolute atomic E-state index is 0.230. The Bertz CT molecular complexity index is 876. The number of hydrogen-bond donors (Lipinski definition) is 3. The second kappa shape index (κ2) is 7.28. The highest BCUT2D eigenvalue weighted by atomic mass is 16.5. The number of nitrogens with one attached hydrogen (secondary N) is 1. The van der Waals surface area contributed by atoms with Crippen molar-refractivity contribution in [3.05, 3.63) is 36.7 Å². The van der Waals surface area contributed by atoms with Crippen LogP contribution in [0, 0.1) is 0 Å². The molecule has 9 nitrogen and oxygen atoms in total. The number of ether oxygens (including phenoxy) is 2. The predicted molar refractivity (Wildman–Crippen MR) is 91.8 cm³/mol. The molecule has 0 radical (unpaired) electrons. The van der Waals surface area contributed by atoms with Crippen molar-refractivity contribution in [2.45, 2.75) is 6.54 Å². The van der Waals surface area contributed by atoms with E-state index >= 15 is 0 Å². The minimum atomic E-state index is -1.59. The van der Waals surface area contributed by atoms with Gasteiger partial charge in [-0.1, -0.05) is 0 Å². The molecule has 128 valence electrons. The zero-order valence-corrected chi connectivity index (χ0v) is 13.7. The van der Waals surface area contributed by atoms with Crippen molar-refractivity contribution in [3.8, 4) is 11.5 Å². The molecule has 0 amide bonds. The molecule has 0 aliphatic rings. The van der Waals surface area contributed by atoms with E-state index in [1.165, 1.54) is 18.7 Å². The van der Waals surface area contributed by atoms with Crippen LogP contribution >= 0.6 is 0 Å². The molecule has 0 saturated carbocycles. The van der Waals surface area contributed by atoms with E-state index in [1.54, 1.807) is 26.4 Å². The van der Waals surface area contributed by atoms with E-state index in [1.807, 2.05) is 0 Å². The fraction of sp³-hybridized carbons (Fsp3) is 0.200. The molecule has 0 aliphatic heterocycles. The van der Waals surface area contributed by atoms with Gasteiger partial charge in [0.05, 0.1) is 26.3 Å². The van der Waals surface area contributed by atoms with Gasteiger partial charge in [-0.3, -0.25) is 0 Å². The standard InChI is InChI=1S/C15H16BN5O4/c1-24-12-3-10-11(4-13(12)25-2)20-8-21-15(10)19-7-14-17-5-9(6-18-14)16(22)23/h3-6,8,22-23H,7H2,1-2H3,(H,19,20,21). The predicted octanol–water partition coefficient (Wildman–Crippen LogP) is -0.271. The number of nitrogens with zero attached hydrogens (tertiary/aromatic N) is 4. The van der Waals surface area contributed by atoms with Gasteiger partial charge in [0.2, 0.25) is 0 Å². The van der Waals surface area contributed by atoms with E-state index in [9.17, 15) is 0 Å². The van der Waals surface area contributed by atoms with Crippen molar-refractivity contribution in [2.75, 3.05) is 19.5 Å². The number of hydrogen-bond acceptors (Lipinski definition) is 9. The van der Waals surface area contributed by atoms with Crippen LogP contribution in [0.5, 0.6) is 11.5 Å². The third kappa shape index (κ3) is 3.59. The van der Waals surface area contributed by atoms with E-state index in [2.05, 4.69) is 25.3 Å². The molecule has 10 heteroatoms. The number of methoxy groups -OCH3 is 2. The van der Waals surface area contributed by atoms with Crippen molar-refractivity contribution < 1.29 is 19.5 Å². The summed E-state index contributed by atoms with van der Waals surface area (Å²) in [6, 6.07) is 3.57. The van der Waals surface area contributed by atoms with Crippen LogP contribution in [0.4, 0.5) is 5.82 Å². The fourth-order valence-electron chi connectivity index (χ4n) is 2.28. The summed E-state index contributed by atoms with van der Waals surface area (Å²) in [6.45, 7) is 0.308. The third-order valence-corrected chi connectivity index (χ3v) is 3.58. The highest BCUT2D eigenvalue weighted by Crippen LogP contribution is 2.33. The second-order valence-corrected chi connectivity index (χ2v) is 5.11. The van der Waals surface area contributed by atoms with Crippen LogP contribution in [-0.4, -0.2) is 51.3 Å². The maximum absolute atomic E-state index is 9.05. The molecule has 0 aliphatic carbocycles. The molecular weight excluding hydrogens is 325 g/mol. The monoisotopic (exact) mass is 341 g/mol. The summed E-state index contributed by atoms with van der Waals surface area (Å²) in [5.41, 5.74) is 0.933. The van der Waals surface area contributed by atoms with E-state index in [0.717, 1.165) is 5.39 Å². The van der Waals surface area contributed by atoms with Crippen LogP contribution < -0.4 is 20.3 Å². The van der Waals surface area contributed by atoms with Gasteiger partial charge in [-0.25, -0.2) is 19.9 Å². The normalized spacial score (nSPS) is 10.6. The first-order chi connectivity index (χ1) is 12.1. The Morgan fingerprint density at radius 3 is 2.32 bits per heavy atom. The van der Waals surface area contributed by atoms with Crippen molar-refractivity contribution in [2.24, 2.45) is 0 Å². The Kier molecular flexibility index (Phi) is 4.91. The summed E-state index contributed by atoms with van der Waals surface area (Å²) in [5, 5.41) is 22.0. The molecule has 0 spiro atoms. The average molecular weight is 341 g/mol. The molecule has 25 heavy (non-hydrogen) atoms. The van der Waals surface area contributed by atoms with Gasteiger partial charge in [0.25, 0.3) is 0 Å². The number of rotatable bonds is 6. The van der Waals surface area contributed by atoms with Crippen LogP contribution in [0.3, 0.4) is 0 Å². The van der Waals surface area contributed by atoms with E-state index in [0.29, 0.717) is 35.2 Å². The molecule has 3 aromatic rings. The molecule has 0 atom stereocenters. The van der Waals surface area contributed by atoms with E-state index < -0.39 is 7.12 Å². The van der Waals surface area contributed by atoms with Gasteiger partial charge in [-0.15, -0.1) is 0 Å². The third-order valence-electron chi connectivity index (χ3n) is 3.58. The Morgan fingerprint density at radius 1 is 1.00 bits per heavy atom. The van der Waals surface area contributed by atoms with Crippen molar-refractivity contribution in [1.29, 1.82) is 0 Å². The van der Waals surface area contributed by atoms with Crippen molar-refractivity contribution in [1.82, 2.24) is 19.9 Å². The topological polar surface area (TPSA) is 123 Å². The largest absolute Gasteiger partial charge is 0.493 e. The van der Waals surface area contributed by atoms with Crippen LogP contribution in [0.2, 0.25) is 0 Å². The molecule has 0 bridgehead atoms. The summed E-state index contributed by atoms with van der Waals surface area (Å²) in [6.07, 6.45) is 4.17. The lowest BCUT2D eigenvalue weighted by atomic mass is 9.83. The smallest absolute Gasteiger partial charge is 0.491 e. The number of anilines is 1. The average Bonchev–Trinajstić information content (AvgIpc) is 2.65. The molecule has 0 unspecified atom stereocenters. The SMILES string of the molecule is COc1cc2ncnc(NCc3ncc(B(O)O)cn3)c2cc1OC. The van der Waals surface area contributed by atoms with Crippen molar-refractivity contribution >= 4 is 29.3 Å². The molecule has 0 saturated heterocycles. The molecule has 3 N–H and O–H groups in total. The van der Waals surface area contributed by atoms with E-state index in [-0.39, 0.29) is 5.46 Å². The summed E-state index contributed by atoms with van der Waals surface area (Å²) in [7, 11) is 1.54. The number of fused-ring (bicyclic) bond motifs is 1. The van der Waals surface area contributed by atoms with E-state index in [4.69, 9.17) is 19.5 Å². The molecular formula is C15H16BN5O4. The minimum Gasteiger partial charge on any atom is -0.493 e. The van der Waals surface area contributed by atoms with Crippen LogP contribution in [0.1, 0.15) is 5.82 Å². The van der Waals surface area contributed by atoms with Gasteiger partial charge in [0.1, 0.15) is 18.0 Å². The molecule has 0 fully saturated rings. The lowest BCUT2D eigenvalue weighted by molar-refractivity contribution is 0.356. The van der Waals surface area contributed by atoms with Gasteiger partial charge >= 0.3 is 7.12 Å². The van der Waals surface area contributed by atoms with Gasteiger partial charge in [-0.05, 0) is 6.07 Å². The highest BCUT2D eigenvalue weighted by Gasteiger charge is 2.13. The quantitative estimate of drug-likeness (QED) is 0.520. The Hall–Kier alpha value is -2.98. The van der Waals surface area contributed by atoms with Gasteiger partial charge < -0.3 is 24.8 Å². The Morgan fingerprint density at radius 2 is 1.68 bits per heavy atom. The zero-order valence-electron chi connectivity index (χ0n) is 13.7. The summed E-state index contributed by atoms with van der Waals surface area (Å²) < 4.78 is 10.6. The summed E-state index contributed by atoms with van der Waals surface area (Å²) in [5.74, 6) is 2.24. The number of aromatic nitrogens is 4. The molecule has 2 aromatic heterocycles. The summed E-state index contributed by atoms with van der Waals surface area (Å²) in [4.78, 5) is 16.6. The molecule has 1 aromatic carbocycles. The number of benzene rings is 1. The first-order valence-electron chi connectivity index (χ1n) is 7.40. The fourth-order valence-corrected chi connectivity index (χ4v) is 2.28. The van der Waals surface area contributed by atoms with Crippen LogP contribution in [0.25, 0.3) is 10.9 Å². The molecule has 2 heterocycles. The van der Waals surface area contributed by atoms with Gasteiger partial charge in [0.15, 0.2) is 11.5 Å². The maximum atomic E-state index is 9.05. The molecule has 3 rings (SSSR count). The van der Waals surface area contributed by atoms with Crippen LogP contribution in [-0.2, 0) is 6.54 Å². The van der Waals surface area contributed by atoms with Gasteiger partial charge in [-0.2, -0.15) is 0 Å². The Labute approximate surface area is 143 Å². The first kappa shape index (κ1) is 16.9. The summed E-state index contributed by atoms with van der Waals surface area (Å²) >= 11 is 0. The lowest BCUT2D eigenvalue weighted by Crippen LogP contribution is -2.31. The van der Waals surface area contributed by atoms with Crippen LogP contribution in [0.15, 0.2) is 30.9 Å². The zero-order chi connectivity index (χ0) is 17.8. The Balaban J connectivity index is 1.85. The second-order valence-electron chi connectivity index (χ2n) is 5.11.